The molecule has 0 aliphatic carbocycles. The Balaban J connectivity index is 1.56. The zero-order chi connectivity index (χ0) is 23.8. The number of nitrogens with zero attached hydrogens (tertiary/aromatic N) is 4. The number of carboxylic acids is 1. The molecule has 1 aliphatic rings. The standard InChI is InChI=1S/C22H18F3N5O3/c1-12-6-16(28-18(7-12)29-17-9-15(4-5-26-17)22(23,24)25)13-2-3-19(27-10-13)30-11-14(21(32)33)8-20(30)31/h2-7,9-10,14H,8,11H2,1H3,(H,32,33)(H,26,28,29). The molecule has 0 saturated carbocycles. The number of aliphatic carboxylic acids is 1. The van der Waals surface area contributed by atoms with Crippen molar-refractivity contribution in [2.75, 3.05) is 16.8 Å². The minimum atomic E-state index is -4.49. The van der Waals surface area contributed by atoms with Crippen LogP contribution in [0.2, 0.25) is 0 Å². The predicted molar refractivity (Wildman–Crippen MR) is 113 cm³/mol. The van der Waals surface area contributed by atoms with E-state index in [1.54, 1.807) is 24.3 Å². The lowest BCUT2D eigenvalue weighted by Gasteiger charge is -2.15. The third-order valence-corrected chi connectivity index (χ3v) is 5.11. The monoisotopic (exact) mass is 457 g/mol. The smallest absolute Gasteiger partial charge is 0.416 e. The normalized spacial score (nSPS) is 16.2. The summed E-state index contributed by atoms with van der Waals surface area (Å²) >= 11 is 0. The van der Waals surface area contributed by atoms with Gasteiger partial charge < -0.3 is 10.4 Å². The number of aromatic nitrogens is 3. The Labute approximate surface area is 186 Å². The molecule has 3 aromatic heterocycles. The van der Waals surface area contributed by atoms with Gasteiger partial charge in [0.2, 0.25) is 5.91 Å². The Bertz CT molecular complexity index is 1210. The summed E-state index contributed by atoms with van der Waals surface area (Å²) in [6.07, 6.45) is -1.99. The molecule has 1 amide bonds. The van der Waals surface area contributed by atoms with Crippen LogP contribution in [0.15, 0.2) is 48.8 Å². The SMILES string of the molecule is Cc1cc(Nc2cc(C(F)(F)F)ccn2)nc(-c2ccc(N3CC(C(=O)O)CC3=O)nc2)c1. The third kappa shape index (κ3) is 4.92. The van der Waals surface area contributed by atoms with Gasteiger partial charge in [-0.2, -0.15) is 13.2 Å². The van der Waals surface area contributed by atoms with Crippen LogP contribution < -0.4 is 10.2 Å². The van der Waals surface area contributed by atoms with E-state index in [0.29, 0.717) is 22.9 Å². The Morgan fingerprint density at radius 3 is 2.58 bits per heavy atom. The van der Waals surface area contributed by atoms with Gasteiger partial charge in [-0.25, -0.2) is 15.0 Å². The number of carboxylic acid groups (broad SMARTS) is 1. The molecule has 3 aromatic rings. The zero-order valence-electron chi connectivity index (χ0n) is 17.3. The van der Waals surface area contributed by atoms with Gasteiger partial charge in [-0.05, 0) is 48.9 Å². The van der Waals surface area contributed by atoms with E-state index < -0.39 is 23.6 Å². The first-order valence-corrected chi connectivity index (χ1v) is 9.89. The third-order valence-electron chi connectivity index (χ3n) is 5.11. The fourth-order valence-corrected chi connectivity index (χ4v) is 3.48. The van der Waals surface area contributed by atoms with Gasteiger partial charge in [0.15, 0.2) is 0 Å². The summed E-state index contributed by atoms with van der Waals surface area (Å²) in [5, 5.41) is 11.9. The lowest BCUT2D eigenvalue weighted by Crippen LogP contribution is -2.26. The van der Waals surface area contributed by atoms with E-state index in [1.807, 2.05) is 6.92 Å². The van der Waals surface area contributed by atoms with E-state index in [-0.39, 0.29) is 24.7 Å². The van der Waals surface area contributed by atoms with Gasteiger partial charge in [-0.1, -0.05) is 0 Å². The summed E-state index contributed by atoms with van der Waals surface area (Å²) in [5.41, 5.74) is 1.11. The number of pyridine rings is 3. The highest BCUT2D eigenvalue weighted by Gasteiger charge is 2.35. The number of hydrogen-bond donors (Lipinski definition) is 2. The number of halogens is 3. The average molecular weight is 457 g/mol. The number of hydrogen-bond acceptors (Lipinski definition) is 6. The number of rotatable bonds is 5. The van der Waals surface area contributed by atoms with E-state index in [9.17, 15) is 22.8 Å². The minimum Gasteiger partial charge on any atom is -0.481 e. The Morgan fingerprint density at radius 2 is 1.94 bits per heavy atom. The molecule has 0 aromatic carbocycles. The van der Waals surface area contributed by atoms with Gasteiger partial charge in [-0.3, -0.25) is 14.5 Å². The molecular weight excluding hydrogens is 439 g/mol. The summed E-state index contributed by atoms with van der Waals surface area (Å²) in [5.74, 6) is -1.46. The quantitative estimate of drug-likeness (QED) is 0.595. The van der Waals surface area contributed by atoms with Crippen LogP contribution in [-0.4, -0.2) is 38.5 Å². The van der Waals surface area contributed by atoms with Crippen LogP contribution in [0, 0.1) is 12.8 Å². The van der Waals surface area contributed by atoms with Crippen molar-refractivity contribution < 1.29 is 27.9 Å². The molecule has 8 nitrogen and oxygen atoms in total. The number of amides is 1. The molecule has 4 rings (SSSR count). The summed E-state index contributed by atoms with van der Waals surface area (Å²) in [6.45, 7) is 1.87. The lowest BCUT2D eigenvalue weighted by molar-refractivity contribution is -0.141. The largest absolute Gasteiger partial charge is 0.481 e. The van der Waals surface area contributed by atoms with Crippen LogP contribution in [0.25, 0.3) is 11.3 Å². The van der Waals surface area contributed by atoms with Gasteiger partial charge >= 0.3 is 12.1 Å². The van der Waals surface area contributed by atoms with E-state index in [4.69, 9.17) is 5.11 Å². The van der Waals surface area contributed by atoms with Crippen LogP contribution in [0.5, 0.6) is 0 Å². The van der Waals surface area contributed by atoms with Crippen LogP contribution in [-0.2, 0) is 15.8 Å². The molecule has 11 heteroatoms. The summed E-state index contributed by atoms with van der Waals surface area (Å²) < 4.78 is 38.9. The molecule has 1 fully saturated rings. The Morgan fingerprint density at radius 1 is 1.15 bits per heavy atom. The molecule has 1 aliphatic heterocycles. The first kappa shape index (κ1) is 22.2. The maximum absolute atomic E-state index is 13.0. The van der Waals surface area contributed by atoms with Crippen LogP contribution in [0.3, 0.4) is 0 Å². The molecule has 170 valence electrons. The van der Waals surface area contributed by atoms with Crippen molar-refractivity contribution in [1.29, 1.82) is 0 Å². The second-order valence-electron chi connectivity index (χ2n) is 7.62. The number of alkyl halides is 3. The van der Waals surface area contributed by atoms with E-state index in [2.05, 4.69) is 20.3 Å². The van der Waals surface area contributed by atoms with Crippen molar-refractivity contribution in [3.8, 4) is 11.3 Å². The molecule has 1 unspecified atom stereocenters. The molecular formula is C22H18F3N5O3. The van der Waals surface area contributed by atoms with Crippen LogP contribution >= 0.6 is 0 Å². The number of carbonyl (C=O) groups is 2. The summed E-state index contributed by atoms with van der Waals surface area (Å²) in [7, 11) is 0. The van der Waals surface area contributed by atoms with Gasteiger partial charge in [0.1, 0.15) is 17.5 Å². The maximum atomic E-state index is 13.0. The van der Waals surface area contributed by atoms with Gasteiger partial charge in [0, 0.05) is 30.9 Å². The van der Waals surface area contributed by atoms with Gasteiger partial charge in [0.05, 0.1) is 17.2 Å². The molecule has 0 radical (unpaired) electrons. The Hall–Kier alpha value is -4.02. The molecule has 1 saturated heterocycles. The van der Waals surface area contributed by atoms with Crippen molar-refractivity contribution in [2.45, 2.75) is 19.5 Å². The first-order chi connectivity index (χ1) is 15.6. The van der Waals surface area contributed by atoms with Crippen molar-refractivity contribution >= 4 is 29.3 Å². The van der Waals surface area contributed by atoms with Crippen LogP contribution in [0.1, 0.15) is 17.5 Å². The number of nitrogens with one attached hydrogen (secondary N) is 1. The zero-order valence-corrected chi connectivity index (χ0v) is 17.3. The number of anilines is 3. The fourth-order valence-electron chi connectivity index (χ4n) is 3.48. The lowest BCUT2D eigenvalue weighted by atomic mass is 10.1. The van der Waals surface area contributed by atoms with Gasteiger partial charge in [-0.15, -0.1) is 0 Å². The molecule has 0 bridgehead atoms. The number of aryl methyl sites for hydroxylation is 1. The second-order valence-corrected chi connectivity index (χ2v) is 7.62. The molecule has 4 heterocycles. The van der Waals surface area contributed by atoms with Crippen molar-refractivity contribution in [3.05, 3.63) is 59.9 Å². The maximum Gasteiger partial charge on any atom is 0.416 e. The van der Waals surface area contributed by atoms with Crippen molar-refractivity contribution in [2.24, 2.45) is 5.92 Å². The highest BCUT2D eigenvalue weighted by molar-refractivity contribution is 5.98. The fraction of sp³-hybridized carbons (Fsp3) is 0.227. The molecule has 1 atom stereocenters. The highest BCUT2D eigenvalue weighted by Crippen LogP contribution is 2.31. The van der Waals surface area contributed by atoms with Crippen LogP contribution in [0.4, 0.5) is 30.6 Å². The average Bonchev–Trinajstić information content (AvgIpc) is 3.15. The molecule has 33 heavy (non-hydrogen) atoms. The Kier molecular flexibility index (Phi) is 5.71. The van der Waals surface area contributed by atoms with E-state index in [1.165, 1.54) is 11.1 Å². The first-order valence-electron chi connectivity index (χ1n) is 9.89. The highest BCUT2D eigenvalue weighted by atomic mass is 19.4. The van der Waals surface area contributed by atoms with Crippen molar-refractivity contribution in [1.82, 2.24) is 15.0 Å². The predicted octanol–water partition coefficient (Wildman–Crippen LogP) is 4.05. The number of carbonyl (C=O) groups excluding carboxylic acids is 1. The summed E-state index contributed by atoms with van der Waals surface area (Å²) in [6, 6.07) is 8.53. The second kappa shape index (κ2) is 8.49. The molecule has 0 spiro atoms. The van der Waals surface area contributed by atoms with Crippen molar-refractivity contribution in [3.63, 3.8) is 0 Å². The topological polar surface area (TPSA) is 108 Å². The summed E-state index contributed by atoms with van der Waals surface area (Å²) in [4.78, 5) is 37.2. The minimum absolute atomic E-state index is 0.00267. The van der Waals surface area contributed by atoms with E-state index in [0.717, 1.165) is 23.9 Å². The van der Waals surface area contributed by atoms with Gasteiger partial charge in [0.25, 0.3) is 0 Å². The molecule has 2 N–H and O–H groups in total. The van der Waals surface area contributed by atoms with E-state index >= 15 is 0 Å².